The number of aryl methyl sites for hydroxylation is 1. The van der Waals surface area contributed by atoms with Crippen LogP contribution in [0, 0.1) is 0 Å². The fraction of sp³-hybridized carbons (Fsp3) is 0.455. The maximum atomic E-state index is 10.8. The van der Waals surface area contributed by atoms with Gasteiger partial charge in [-0.3, -0.25) is 9.79 Å². The van der Waals surface area contributed by atoms with Gasteiger partial charge >= 0.3 is 7.82 Å². The Labute approximate surface area is 95.5 Å². The molecule has 16 heavy (non-hydrogen) atoms. The van der Waals surface area contributed by atoms with Gasteiger partial charge in [0.15, 0.2) is 0 Å². The molecule has 0 bridgehead atoms. The van der Waals surface area contributed by atoms with Gasteiger partial charge in [-0.1, -0.05) is 32.4 Å². The van der Waals surface area contributed by atoms with Crippen molar-refractivity contribution in [1.29, 1.82) is 0 Å². The summed E-state index contributed by atoms with van der Waals surface area (Å²) in [6.07, 6.45) is 2.50. The molecule has 5 heteroatoms. The highest BCUT2D eigenvalue weighted by atomic mass is 31.2. The molecule has 1 aromatic carbocycles. The quantitative estimate of drug-likeness (QED) is 0.781. The van der Waals surface area contributed by atoms with Crippen molar-refractivity contribution in [3.8, 4) is 5.75 Å². The topological polar surface area (TPSA) is 66.8 Å². The van der Waals surface area contributed by atoms with E-state index in [9.17, 15) is 4.57 Å². The van der Waals surface area contributed by atoms with Gasteiger partial charge in [-0.2, -0.15) is 0 Å². The van der Waals surface area contributed by atoms with Crippen molar-refractivity contribution >= 4 is 7.82 Å². The van der Waals surface area contributed by atoms with Gasteiger partial charge in [-0.05, 0) is 30.0 Å². The van der Waals surface area contributed by atoms with E-state index >= 15 is 0 Å². The van der Waals surface area contributed by atoms with Crippen LogP contribution in [-0.2, 0) is 17.4 Å². The van der Waals surface area contributed by atoms with Gasteiger partial charge in [-0.15, -0.1) is 0 Å². The van der Waals surface area contributed by atoms with E-state index < -0.39 is 7.82 Å². The second kappa shape index (κ2) is 5.48. The van der Waals surface area contributed by atoms with Crippen LogP contribution in [0.4, 0.5) is 0 Å². The minimum absolute atomic E-state index is 0.300. The number of benzene rings is 1. The first-order valence-corrected chi connectivity index (χ1v) is 6.86. The minimum atomic E-state index is -4.47. The van der Waals surface area contributed by atoms with Crippen molar-refractivity contribution in [3.63, 3.8) is 0 Å². The van der Waals surface area contributed by atoms with Crippen molar-refractivity contribution in [2.45, 2.75) is 33.1 Å². The van der Waals surface area contributed by atoms with E-state index in [2.05, 4.69) is 0 Å². The molecular formula is C11H17O4P. The second-order valence-corrected chi connectivity index (χ2v) is 4.74. The van der Waals surface area contributed by atoms with Crippen LogP contribution in [0.15, 0.2) is 18.2 Å². The Bertz CT molecular complexity index is 397. The summed E-state index contributed by atoms with van der Waals surface area (Å²) in [7, 11) is -4.47. The first-order valence-electron chi connectivity index (χ1n) is 5.33. The molecule has 0 heterocycles. The zero-order valence-electron chi connectivity index (χ0n) is 9.51. The summed E-state index contributed by atoms with van der Waals surface area (Å²) in [4.78, 5) is 17.6. The molecule has 4 nitrogen and oxygen atoms in total. The number of rotatable bonds is 5. The Balaban J connectivity index is 3.11. The Morgan fingerprint density at radius 3 is 2.50 bits per heavy atom. The summed E-state index contributed by atoms with van der Waals surface area (Å²) in [5, 5.41) is 0. The molecule has 0 saturated carbocycles. The van der Waals surface area contributed by atoms with Crippen LogP contribution < -0.4 is 4.52 Å². The number of hydrogen-bond acceptors (Lipinski definition) is 2. The zero-order valence-corrected chi connectivity index (χ0v) is 10.4. The fourth-order valence-electron chi connectivity index (χ4n) is 1.69. The van der Waals surface area contributed by atoms with E-state index in [1.807, 2.05) is 19.9 Å². The molecule has 0 aromatic heterocycles. The molecule has 0 unspecified atom stereocenters. The first kappa shape index (κ1) is 13.2. The van der Waals surface area contributed by atoms with Crippen molar-refractivity contribution in [2.24, 2.45) is 0 Å². The normalized spacial score (nSPS) is 11.5. The van der Waals surface area contributed by atoms with Crippen molar-refractivity contribution in [1.82, 2.24) is 0 Å². The van der Waals surface area contributed by atoms with E-state index in [1.165, 1.54) is 0 Å². The van der Waals surface area contributed by atoms with Crippen molar-refractivity contribution < 1.29 is 18.9 Å². The van der Waals surface area contributed by atoms with Gasteiger partial charge in [0.25, 0.3) is 0 Å². The Morgan fingerprint density at radius 1 is 1.31 bits per heavy atom. The molecule has 1 aromatic rings. The third kappa shape index (κ3) is 3.63. The van der Waals surface area contributed by atoms with Crippen LogP contribution in [0.1, 0.15) is 31.4 Å². The third-order valence-corrected chi connectivity index (χ3v) is 2.76. The molecule has 2 N–H and O–H groups in total. The van der Waals surface area contributed by atoms with E-state index in [4.69, 9.17) is 14.3 Å². The molecule has 0 aliphatic heterocycles. The van der Waals surface area contributed by atoms with Crippen molar-refractivity contribution in [2.75, 3.05) is 0 Å². The highest BCUT2D eigenvalue weighted by Gasteiger charge is 2.19. The van der Waals surface area contributed by atoms with Gasteiger partial charge in [0.05, 0.1) is 0 Å². The second-order valence-electron chi connectivity index (χ2n) is 3.58. The highest BCUT2D eigenvalue weighted by Crippen LogP contribution is 2.40. The lowest BCUT2D eigenvalue weighted by atomic mass is 10.0. The van der Waals surface area contributed by atoms with Gasteiger partial charge < -0.3 is 4.52 Å². The summed E-state index contributed by atoms with van der Waals surface area (Å²) >= 11 is 0. The number of phosphoric ester groups is 1. The monoisotopic (exact) mass is 244 g/mol. The summed E-state index contributed by atoms with van der Waals surface area (Å²) in [6, 6.07) is 5.31. The van der Waals surface area contributed by atoms with Crippen LogP contribution in [0.25, 0.3) is 0 Å². The van der Waals surface area contributed by atoms with Gasteiger partial charge in [0.2, 0.25) is 0 Å². The maximum Gasteiger partial charge on any atom is 0.524 e. The third-order valence-electron chi connectivity index (χ3n) is 2.33. The molecule has 90 valence electrons. The van der Waals surface area contributed by atoms with E-state index in [-0.39, 0.29) is 0 Å². The SMILES string of the molecule is CCCc1c(CC)cccc1OP(=O)(O)O. The molecule has 0 fully saturated rings. The lowest BCUT2D eigenvalue weighted by Crippen LogP contribution is -1.99. The molecule has 0 atom stereocenters. The van der Waals surface area contributed by atoms with Crippen LogP contribution in [0.5, 0.6) is 5.75 Å². The van der Waals surface area contributed by atoms with Crippen molar-refractivity contribution in [3.05, 3.63) is 29.3 Å². The smallest absolute Gasteiger partial charge is 0.404 e. The van der Waals surface area contributed by atoms with Crippen LogP contribution >= 0.6 is 7.82 Å². The molecule has 0 radical (unpaired) electrons. The minimum Gasteiger partial charge on any atom is -0.404 e. The maximum absolute atomic E-state index is 10.8. The summed E-state index contributed by atoms with van der Waals surface area (Å²) in [5.41, 5.74) is 1.98. The standard InChI is InChI=1S/C11H17O4P/c1-3-6-10-9(4-2)7-5-8-11(10)15-16(12,13)14/h5,7-8H,3-4,6H2,1-2H3,(H2,12,13,14). The predicted molar refractivity (Wildman–Crippen MR) is 62.5 cm³/mol. The van der Waals surface area contributed by atoms with Crippen LogP contribution in [0.3, 0.4) is 0 Å². The summed E-state index contributed by atoms with van der Waals surface area (Å²) < 4.78 is 15.5. The van der Waals surface area contributed by atoms with Gasteiger partial charge in [0.1, 0.15) is 5.75 Å². The van der Waals surface area contributed by atoms with Crippen LogP contribution in [0.2, 0.25) is 0 Å². The van der Waals surface area contributed by atoms with E-state index in [1.54, 1.807) is 12.1 Å². The summed E-state index contributed by atoms with van der Waals surface area (Å²) in [6.45, 7) is 4.03. The van der Waals surface area contributed by atoms with Gasteiger partial charge in [0, 0.05) is 0 Å². The van der Waals surface area contributed by atoms with E-state index in [0.29, 0.717) is 5.75 Å². The molecule has 0 saturated heterocycles. The molecular weight excluding hydrogens is 227 g/mol. The lowest BCUT2D eigenvalue weighted by molar-refractivity contribution is 0.282. The Hall–Kier alpha value is -0.830. The molecule has 1 rings (SSSR count). The largest absolute Gasteiger partial charge is 0.524 e. The van der Waals surface area contributed by atoms with E-state index in [0.717, 1.165) is 30.4 Å². The fourth-order valence-corrected chi connectivity index (χ4v) is 2.12. The van der Waals surface area contributed by atoms with Gasteiger partial charge in [-0.25, -0.2) is 4.57 Å². The average molecular weight is 244 g/mol. The number of hydrogen-bond donors (Lipinski definition) is 2. The number of phosphoric acid groups is 1. The lowest BCUT2D eigenvalue weighted by Gasteiger charge is -2.14. The molecule has 0 amide bonds. The molecule has 0 spiro atoms. The zero-order chi connectivity index (χ0) is 12.2. The Kier molecular flexibility index (Phi) is 4.54. The Morgan fingerprint density at radius 2 is 2.00 bits per heavy atom. The first-order chi connectivity index (χ1) is 7.48. The summed E-state index contributed by atoms with van der Waals surface area (Å²) in [5.74, 6) is 0.300. The predicted octanol–water partition coefficient (Wildman–Crippen LogP) is 2.67. The average Bonchev–Trinajstić information content (AvgIpc) is 2.18. The molecule has 0 aliphatic carbocycles. The molecule has 0 aliphatic rings. The highest BCUT2D eigenvalue weighted by molar-refractivity contribution is 7.46. The van der Waals surface area contributed by atoms with Crippen LogP contribution in [-0.4, -0.2) is 9.79 Å².